The summed E-state index contributed by atoms with van der Waals surface area (Å²) in [6.07, 6.45) is 3.89. The van der Waals surface area contributed by atoms with Crippen LogP contribution in [-0.4, -0.2) is 16.1 Å². The van der Waals surface area contributed by atoms with Gasteiger partial charge in [0.25, 0.3) is 0 Å². The maximum absolute atomic E-state index is 10.8. The number of hydrogen-bond donors (Lipinski definition) is 1. The van der Waals surface area contributed by atoms with Crippen molar-refractivity contribution in [2.24, 2.45) is 0 Å². The van der Waals surface area contributed by atoms with Crippen LogP contribution in [0.5, 0.6) is 0 Å². The minimum absolute atomic E-state index is 0.358. The molecular weight excluding hydrogens is 246 g/mol. The molecule has 2 rings (SSSR count). The number of carbonyl (C=O) groups is 1. The third-order valence-electron chi connectivity index (χ3n) is 2.38. The van der Waals surface area contributed by atoms with Crippen molar-refractivity contribution >= 4 is 29.5 Å². The minimum Gasteiger partial charge on any atom is -0.477 e. The summed E-state index contributed by atoms with van der Waals surface area (Å²) in [4.78, 5) is 16.4. The Labute approximate surface area is 109 Å². The number of carboxylic acids is 1. The number of aromatic nitrogens is 1. The van der Waals surface area contributed by atoms with E-state index in [1.54, 1.807) is 6.07 Å². The number of rotatable bonds is 3. The van der Waals surface area contributed by atoms with Crippen molar-refractivity contribution in [3.63, 3.8) is 0 Å². The summed E-state index contributed by atoms with van der Waals surface area (Å²) in [7, 11) is 0. The summed E-state index contributed by atoms with van der Waals surface area (Å²) in [6.45, 7) is 3.91. The minimum atomic E-state index is -0.879. The predicted octanol–water partition coefficient (Wildman–Crippen LogP) is 3.63. The second kappa shape index (κ2) is 5.14. The van der Waals surface area contributed by atoms with Gasteiger partial charge < -0.3 is 5.11 Å². The first-order chi connectivity index (χ1) is 8.54. The highest BCUT2D eigenvalue weighted by Gasteiger charge is 2.04. The van der Waals surface area contributed by atoms with Crippen molar-refractivity contribution in [2.45, 2.75) is 13.8 Å². The van der Waals surface area contributed by atoms with Crippen LogP contribution in [0.15, 0.2) is 24.3 Å². The highest BCUT2D eigenvalue weighted by atomic mass is 32.1. The molecule has 2 heterocycles. The summed E-state index contributed by atoms with van der Waals surface area (Å²) in [6, 6.07) is 7.42. The average molecular weight is 259 g/mol. The fraction of sp³-hybridized carbons (Fsp3) is 0.143. The van der Waals surface area contributed by atoms with Gasteiger partial charge in [0.05, 0.1) is 0 Å². The SMILES string of the molecule is Cc1cc(/C=C/c2ccc(C(=O)O)s2)cc(C)n1. The predicted molar refractivity (Wildman–Crippen MR) is 73.9 cm³/mol. The molecular formula is C14H13NO2S. The Hall–Kier alpha value is -1.94. The van der Waals surface area contributed by atoms with E-state index < -0.39 is 5.97 Å². The molecule has 0 amide bonds. The Bertz CT molecular complexity index is 594. The van der Waals surface area contributed by atoms with Gasteiger partial charge in [-0.2, -0.15) is 0 Å². The number of aryl methyl sites for hydroxylation is 2. The quantitative estimate of drug-likeness (QED) is 0.915. The van der Waals surface area contributed by atoms with Gasteiger partial charge in [0.15, 0.2) is 0 Å². The Balaban J connectivity index is 2.21. The molecule has 0 bridgehead atoms. The normalized spacial score (nSPS) is 11.0. The molecule has 0 fully saturated rings. The van der Waals surface area contributed by atoms with E-state index in [0.29, 0.717) is 4.88 Å². The zero-order valence-corrected chi connectivity index (χ0v) is 11.0. The van der Waals surface area contributed by atoms with Crippen molar-refractivity contribution < 1.29 is 9.90 Å². The molecule has 18 heavy (non-hydrogen) atoms. The first kappa shape index (κ1) is 12.5. The Morgan fingerprint density at radius 1 is 1.22 bits per heavy atom. The largest absolute Gasteiger partial charge is 0.477 e. The summed E-state index contributed by atoms with van der Waals surface area (Å²) in [5.41, 5.74) is 3.03. The lowest BCUT2D eigenvalue weighted by molar-refractivity contribution is 0.0702. The van der Waals surface area contributed by atoms with Crippen LogP contribution in [0.2, 0.25) is 0 Å². The third kappa shape index (κ3) is 3.05. The molecule has 3 nitrogen and oxygen atoms in total. The van der Waals surface area contributed by atoms with E-state index in [-0.39, 0.29) is 0 Å². The van der Waals surface area contributed by atoms with E-state index in [4.69, 9.17) is 5.11 Å². The van der Waals surface area contributed by atoms with Gasteiger partial charge in [-0.25, -0.2) is 4.79 Å². The van der Waals surface area contributed by atoms with Crippen LogP contribution in [0, 0.1) is 13.8 Å². The monoisotopic (exact) mass is 259 g/mol. The van der Waals surface area contributed by atoms with Gasteiger partial charge in [0.1, 0.15) is 4.88 Å². The zero-order chi connectivity index (χ0) is 13.1. The van der Waals surface area contributed by atoms with Gasteiger partial charge in [0, 0.05) is 16.3 Å². The summed E-state index contributed by atoms with van der Waals surface area (Å²) in [5.74, 6) is -0.879. The first-order valence-corrected chi connectivity index (χ1v) is 6.33. The highest BCUT2D eigenvalue weighted by molar-refractivity contribution is 7.14. The summed E-state index contributed by atoms with van der Waals surface area (Å²) < 4.78 is 0. The third-order valence-corrected chi connectivity index (χ3v) is 3.42. The number of nitrogens with zero attached hydrogens (tertiary/aromatic N) is 1. The molecule has 0 spiro atoms. The average Bonchev–Trinajstić information content (AvgIpc) is 2.73. The molecule has 0 aliphatic heterocycles. The molecule has 0 atom stereocenters. The van der Waals surface area contributed by atoms with E-state index in [0.717, 1.165) is 21.8 Å². The highest BCUT2D eigenvalue weighted by Crippen LogP contribution is 2.19. The molecule has 1 N–H and O–H groups in total. The van der Waals surface area contributed by atoms with E-state index in [9.17, 15) is 4.79 Å². The van der Waals surface area contributed by atoms with Gasteiger partial charge in [0.2, 0.25) is 0 Å². The first-order valence-electron chi connectivity index (χ1n) is 5.51. The van der Waals surface area contributed by atoms with Crippen LogP contribution in [-0.2, 0) is 0 Å². The molecule has 4 heteroatoms. The van der Waals surface area contributed by atoms with Crippen LogP contribution >= 0.6 is 11.3 Å². The molecule has 0 aliphatic carbocycles. The summed E-state index contributed by atoms with van der Waals surface area (Å²) in [5, 5.41) is 8.83. The van der Waals surface area contributed by atoms with E-state index in [2.05, 4.69) is 4.98 Å². The maximum atomic E-state index is 10.8. The maximum Gasteiger partial charge on any atom is 0.345 e. The molecule has 0 radical (unpaired) electrons. The standard InChI is InChI=1S/C14H13NO2S/c1-9-7-11(8-10(2)15-9)3-4-12-5-6-13(18-12)14(16)17/h3-8H,1-2H3,(H,16,17)/b4-3+. The lowest BCUT2D eigenvalue weighted by Gasteiger charge is -1.98. The van der Waals surface area contributed by atoms with Crippen LogP contribution in [0.3, 0.4) is 0 Å². The molecule has 0 unspecified atom stereocenters. The van der Waals surface area contributed by atoms with Gasteiger partial charge in [-0.1, -0.05) is 6.08 Å². The molecule has 2 aromatic heterocycles. The second-order valence-electron chi connectivity index (χ2n) is 4.02. The van der Waals surface area contributed by atoms with Crippen LogP contribution in [0.4, 0.5) is 0 Å². The lowest BCUT2D eigenvalue weighted by atomic mass is 10.2. The van der Waals surface area contributed by atoms with Crippen molar-refractivity contribution in [3.8, 4) is 0 Å². The number of hydrogen-bond acceptors (Lipinski definition) is 3. The van der Waals surface area contributed by atoms with Crippen molar-refractivity contribution in [3.05, 3.63) is 51.0 Å². The van der Waals surface area contributed by atoms with Crippen molar-refractivity contribution in [2.75, 3.05) is 0 Å². The van der Waals surface area contributed by atoms with E-state index in [1.807, 2.05) is 44.2 Å². The number of pyridine rings is 1. The second-order valence-corrected chi connectivity index (χ2v) is 5.14. The number of carboxylic acid groups (broad SMARTS) is 1. The van der Waals surface area contributed by atoms with Gasteiger partial charge in [-0.3, -0.25) is 4.98 Å². The fourth-order valence-corrected chi connectivity index (χ4v) is 2.45. The molecule has 0 saturated heterocycles. The fourth-order valence-electron chi connectivity index (χ4n) is 1.70. The van der Waals surface area contributed by atoms with Gasteiger partial charge in [-0.05, 0) is 49.8 Å². The Kier molecular flexibility index (Phi) is 3.58. The van der Waals surface area contributed by atoms with Gasteiger partial charge >= 0.3 is 5.97 Å². The summed E-state index contributed by atoms with van der Waals surface area (Å²) >= 11 is 1.27. The topological polar surface area (TPSA) is 50.2 Å². The van der Waals surface area contributed by atoms with Gasteiger partial charge in [-0.15, -0.1) is 11.3 Å². The Morgan fingerprint density at radius 3 is 2.44 bits per heavy atom. The number of aromatic carboxylic acids is 1. The van der Waals surface area contributed by atoms with Crippen LogP contribution in [0.1, 0.15) is 31.5 Å². The molecule has 2 aromatic rings. The lowest BCUT2D eigenvalue weighted by Crippen LogP contribution is -1.89. The van der Waals surface area contributed by atoms with Crippen LogP contribution in [0.25, 0.3) is 12.2 Å². The van der Waals surface area contributed by atoms with E-state index in [1.165, 1.54) is 11.3 Å². The van der Waals surface area contributed by atoms with E-state index >= 15 is 0 Å². The van der Waals surface area contributed by atoms with Crippen molar-refractivity contribution in [1.82, 2.24) is 4.98 Å². The number of thiophene rings is 1. The smallest absolute Gasteiger partial charge is 0.345 e. The molecule has 0 saturated carbocycles. The van der Waals surface area contributed by atoms with Crippen molar-refractivity contribution in [1.29, 1.82) is 0 Å². The Morgan fingerprint density at radius 2 is 1.89 bits per heavy atom. The zero-order valence-electron chi connectivity index (χ0n) is 10.2. The molecule has 0 aliphatic rings. The van der Waals surface area contributed by atoms with Crippen LogP contribution < -0.4 is 0 Å². The molecule has 0 aromatic carbocycles. The molecule has 92 valence electrons.